The predicted octanol–water partition coefficient (Wildman–Crippen LogP) is 0.276. The van der Waals surface area contributed by atoms with Crippen molar-refractivity contribution in [3.63, 3.8) is 0 Å². The second-order valence-electron chi connectivity index (χ2n) is 4.43. The Morgan fingerprint density at radius 1 is 1.56 bits per heavy atom. The molecule has 0 radical (unpaired) electrons. The fourth-order valence-corrected chi connectivity index (χ4v) is 1.91. The summed E-state index contributed by atoms with van der Waals surface area (Å²) in [5.41, 5.74) is 0. The van der Waals surface area contributed by atoms with Crippen molar-refractivity contribution in [2.24, 2.45) is 0 Å². The molecule has 0 saturated carbocycles. The number of morpholine rings is 1. The summed E-state index contributed by atoms with van der Waals surface area (Å²) in [6.07, 6.45) is 1.58. The van der Waals surface area contributed by atoms with Gasteiger partial charge in [0.05, 0.1) is 19.3 Å². The van der Waals surface area contributed by atoms with Gasteiger partial charge in [0.2, 0.25) is 5.91 Å². The molecular formula is C12H24N2O4. The maximum Gasteiger partial charge on any atom is 0.290 e. The van der Waals surface area contributed by atoms with Gasteiger partial charge in [-0.15, -0.1) is 0 Å². The van der Waals surface area contributed by atoms with Crippen molar-refractivity contribution in [3.05, 3.63) is 0 Å². The number of carboxylic acid groups (broad SMARTS) is 1. The second kappa shape index (κ2) is 9.85. The molecule has 1 atom stereocenters. The second-order valence-corrected chi connectivity index (χ2v) is 4.43. The summed E-state index contributed by atoms with van der Waals surface area (Å²) < 4.78 is 5.42. The molecule has 1 fully saturated rings. The Kier molecular flexibility index (Phi) is 9.22. The molecule has 1 amide bonds. The lowest BCUT2D eigenvalue weighted by Gasteiger charge is -2.37. The van der Waals surface area contributed by atoms with Crippen molar-refractivity contribution in [1.82, 2.24) is 9.80 Å². The molecule has 1 N–H and O–H groups in total. The van der Waals surface area contributed by atoms with Crippen LogP contribution in [0.2, 0.25) is 0 Å². The number of hydrogen-bond acceptors (Lipinski definition) is 4. The van der Waals surface area contributed by atoms with Gasteiger partial charge in [-0.05, 0) is 20.5 Å². The minimum absolute atomic E-state index is 0.229. The summed E-state index contributed by atoms with van der Waals surface area (Å²) in [6, 6.07) is 0.229. The van der Waals surface area contributed by atoms with E-state index < -0.39 is 0 Å². The lowest BCUT2D eigenvalue weighted by molar-refractivity contribution is -0.140. The van der Waals surface area contributed by atoms with Crippen LogP contribution in [0.1, 0.15) is 19.8 Å². The highest BCUT2D eigenvalue weighted by Gasteiger charge is 2.26. The molecule has 1 saturated heterocycles. The first-order valence-electron chi connectivity index (χ1n) is 6.16. The first-order valence-corrected chi connectivity index (χ1v) is 6.16. The molecule has 106 valence electrons. The Bertz CT molecular complexity index is 246. The number of carbonyl (C=O) groups is 2. The molecule has 18 heavy (non-hydrogen) atoms. The van der Waals surface area contributed by atoms with Gasteiger partial charge < -0.3 is 19.6 Å². The maximum atomic E-state index is 11.8. The Balaban J connectivity index is 0.000000873. The zero-order valence-corrected chi connectivity index (χ0v) is 11.5. The fourth-order valence-electron chi connectivity index (χ4n) is 1.91. The average molecular weight is 260 g/mol. The largest absolute Gasteiger partial charge is 0.483 e. The number of ether oxygens (including phenoxy) is 1. The first kappa shape index (κ1) is 16.9. The van der Waals surface area contributed by atoms with Crippen LogP contribution in [-0.4, -0.2) is 73.7 Å². The van der Waals surface area contributed by atoms with Gasteiger partial charge in [-0.1, -0.05) is 6.92 Å². The van der Waals surface area contributed by atoms with Gasteiger partial charge in [-0.3, -0.25) is 9.59 Å². The molecule has 6 heteroatoms. The highest BCUT2D eigenvalue weighted by atomic mass is 16.5. The molecule has 0 aromatic carbocycles. The molecule has 0 aromatic rings. The van der Waals surface area contributed by atoms with E-state index in [0.717, 1.165) is 19.5 Å². The van der Waals surface area contributed by atoms with Crippen LogP contribution in [0.5, 0.6) is 0 Å². The van der Waals surface area contributed by atoms with E-state index in [1.807, 2.05) is 25.9 Å². The van der Waals surface area contributed by atoms with Crippen LogP contribution < -0.4 is 0 Å². The van der Waals surface area contributed by atoms with E-state index in [1.165, 1.54) is 0 Å². The summed E-state index contributed by atoms with van der Waals surface area (Å²) in [6.45, 7) is 4.78. The normalized spacial score (nSPS) is 19.1. The van der Waals surface area contributed by atoms with Crippen molar-refractivity contribution < 1.29 is 19.4 Å². The number of amides is 1. The summed E-state index contributed by atoms with van der Waals surface area (Å²) in [5.74, 6) is 0.271. The highest BCUT2D eigenvalue weighted by molar-refractivity contribution is 5.76. The molecule has 0 spiro atoms. The lowest BCUT2D eigenvalue weighted by atomic mass is 10.2. The topological polar surface area (TPSA) is 70.1 Å². The minimum Gasteiger partial charge on any atom is -0.483 e. The Morgan fingerprint density at radius 2 is 2.17 bits per heavy atom. The fraction of sp³-hybridized carbons (Fsp3) is 0.833. The molecular weight excluding hydrogens is 236 g/mol. The molecule has 0 aromatic heterocycles. The average Bonchev–Trinajstić information content (AvgIpc) is 2.30. The third kappa shape index (κ3) is 6.56. The van der Waals surface area contributed by atoms with Crippen LogP contribution in [0.3, 0.4) is 0 Å². The van der Waals surface area contributed by atoms with Gasteiger partial charge in [-0.25, -0.2) is 0 Å². The van der Waals surface area contributed by atoms with Crippen molar-refractivity contribution in [2.75, 3.05) is 40.4 Å². The monoisotopic (exact) mass is 260 g/mol. The molecule has 1 rings (SSSR count). The van der Waals surface area contributed by atoms with Gasteiger partial charge in [0.25, 0.3) is 6.47 Å². The van der Waals surface area contributed by atoms with Gasteiger partial charge >= 0.3 is 0 Å². The summed E-state index contributed by atoms with van der Waals surface area (Å²) in [7, 11) is 4.05. The molecule has 0 bridgehead atoms. The van der Waals surface area contributed by atoms with Crippen molar-refractivity contribution in [1.29, 1.82) is 0 Å². The van der Waals surface area contributed by atoms with E-state index in [1.54, 1.807) is 0 Å². The van der Waals surface area contributed by atoms with Crippen LogP contribution in [0, 0.1) is 0 Å². The number of nitrogens with zero attached hydrogens (tertiary/aromatic N) is 2. The van der Waals surface area contributed by atoms with E-state index in [0.29, 0.717) is 19.6 Å². The maximum absolute atomic E-state index is 11.8. The smallest absolute Gasteiger partial charge is 0.290 e. The van der Waals surface area contributed by atoms with Gasteiger partial charge in [0, 0.05) is 19.5 Å². The van der Waals surface area contributed by atoms with Crippen LogP contribution in [0.25, 0.3) is 0 Å². The van der Waals surface area contributed by atoms with E-state index in [9.17, 15) is 4.79 Å². The summed E-state index contributed by atoms with van der Waals surface area (Å²) in [5, 5.41) is 6.89. The van der Waals surface area contributed by atoms with E-state index >= 15 is 0 Å². The number of carbonyl (C=O) groups excluding carboxylic acids is 1. The first-order chi connectivity index (χ1) is 8.56. The molecule has 1 aliphatic rings. The number of rotatable bonds is 4. The standard InChI is InChI=1S/C11H22N2O2.CH2O2/c1-4-5-11(14)13-6-7-15-9-10(13)8-12(2)3;2-1-3/h10H,4-9H2,1-3H3;1H,(H,2,3). The Hall–Kier alpha value is -1.14. The van der Waals surface area contributed by atoms with Crippen LogP contribution in [-0.2, 0) is 14.3 Å². The summed E-state index contributed by atoms with van der Waals surface area (Å²) in [4.78, 5) is 24.3. The quantitative estimate of drug-likeness (QED) is 0.735. The van der Waals surface area contributed by atoms with E-state index in [2.05, 4.69) is 4.90 Å². The van der Waals surface area contributed by atoms with Crippen LogP contribution in [0.4, 0.5) is 0 Å². The molecule has 1 heterocycles. The third-order valence-corrected chi connectivity index (χ3v) is 2.59. The van der Waals surface area contributed by atoms with Crippen molar-refractivity contribution in [3.8, 4) is 0 Å². The highest BCUT2D eigenvalue weighted by Crippen LogP contribution is 2.10. The van der Waals surface area contributed by atoms with Crippen LogP contribution in [0.15, 0.2) is 0 Å². The summed E-state index contributed by atoms with van der Waals surface area (Å²) >= 11 is 0. The van der Waals surface area contributed by atoms with Crippen LogP contribution >= 0.6 is 0 Å². The van der Waals surface area contributed by atoms with E-state index in [-0.39, 0.29) is 18.4 Å². The lowest BCUT2D eigenvalue weighted by Crippen LogP contribution is -2.52. The zero-order chi connectivity index (χ0) is 14.0. The SMILES string of the molecule is CCCC(=O)N1CCOCC1CN(C)C.O=CO. The van der Waals surface area contributed by atoms with Gasteiger partial charge in [0.1, 0.15) is 0 Å². The zero-order valence-electron chi connectivity index (χ0n) is 11.5. The Morgan fingerprint density at radius 3 is 2.67 bits per heavy atom. The predicted molar refractivity (Wildman–Crippen MR) is 68.5 cm³/mol. The van der Waals surface area contributed by atoms with Gasteiger partial charge in [0.15, 0.2) is 0 Å². The number of hydrogen-bond donors (Lipinski definition) is 1. The molecule has 0 aliphatic carbocycles. The van der Waals surface area contributed by atoms with Crippen molar-refractivity contribution in [2.45, 2.75) is 25.8 Å². The number of likely N-dealkylation sites (N-methyl/N-ethyl adjacent to an activating group) is 1. The third-order valence-electron chi connectivity index (χ3n) is 2.59. The van der Waals surface area contributed by atoms with E-state index in [4.69, 9.17) is 14.6 Å². The molecule has 1 aliphatic heterocycles. The minimum atomic E-state index is -0.250. The van der Waals surface area contributed by atoms with Crippen molar-refractivity contribution >= 4 is 12.4 Å². The molecule has 6 nitrogen and oxygen atoms in total. The molecule has 1 unspecified atom stereocenters. The Labute approximate surface area is 109 Å². The van der Waals surface area contributed by atoms with Gasteiger partial charge in [-0.2, -0.15) is 0 Å².